The van der Waals surface area contributed by atoms with Crippen molar-refractivity contribution < 1.29 is 9.66 Å². The summed E-state index contributed by atoms with van der Waals surface area (Å²) in [6, 6.07) is 7.89. The molecule has 0 atom stereocenters. The molecule has 0 amide bonds. The van der Waals surface area contributed by atoms with Gasteiger partial charge in [0.25, 0.3) is 5.88 Å². The van der Waals surface area contributed by atoms with Crippen LogP contribution in [0.15, 0.2) is 34.8 Å². The standard InChI is InChI=1S/C12H8BrClN2O3/c1-7-2-5-10(16(17)18)12(15-7)19-11-6-8(13)3-4-9(11)14/h2-6H,1H3. The third-order valence-electron chi connectivity index (χ3n) is 2.28. The van der Waals surface area contributed by atoms with Gasteiger partial charge in [0, 0.05) is 16.2 Å². The molecule has 0 aliphatic heterocycles. The Kier molecular flexibility index (Phi) is 4.01. The number of nitrogens with zero attached hydrogens (tertiary/aromatic N) is 2. The van der Waals surface area contributed by atoms with Crippen molar-refractivity contribution >= 4 is 33.2 Å². The molecule has 2 aromatic rings. The van der Waals surface area contributed by atoms with Gasteiger partial charge in [-0.15, -0.1) is 0 Å². The molecule has 19 heavy (non-hydrogen) atoms. The number of benzene rings is 1. The monoisotopic (exact) mass is 342 g/mol. The summed E-state index contributed by atoms with van der Waals surface area (Å²) in [6.45, 7) is 1.72. The molecule has 0 saturated heterocycles. The number of hydrogen-bond acceptors (Lipinski definition) is 4. The number of rotatable bonds is 3. The van der Waals surface area contributed by atoms with Gasteiger partial charge < -0.3 is 4.74 Å². The van der Waals surface area contributed by atoms with Crippen molar-refractivity contribution in [3.63, 3.8) is 0 Å². The quantitative estimate of drug-likeness (QED) is 0.607. The van der Waals surface area contributed by atoms with Crippen LogP contribution in [0.5, 0.6) is 11.6 Å². The minimum Gasteiger partial charge on any atom is -0.432 e. The number of aromatic nitrogens is 1. The minimum absolute atomic E-state index is 0.0787. The first-order chi connectivity index (χ1) is 8.97. The Morgan fingerprint density at radius 2 is 2.11 bits per heavy atom. The van der Waals surface area contributed by atoms with Gasteiger partial charge in [-0.05, 0) is 31.2 Å². The second-order valence-corrected chi connectivity index (χ2v) is 5.03. The van der Waals surface area contributed by atoms with E-state index in [-0.39, 0.29) is 11.6 Å². The van der Waals surface area contributed by atoms with Crippen LogP contribution in [0.25, 0.3) is 0 Å². The van der Waals surface area contributed by atoms with Crippen LogP contribution >= 0.6 is 27.5 Å². The maximum atomic E-state index is 10.9. The van der Waals surface area contributed by atoms with E-state index in [4.69, 9.17) is 16.3 Å². The summed E-state index contributed by atoms with van der Waals surface area (Å²) in [5, 5.41) is 11.3. The lowest BCUT2D eigenvalue weighted by Gasteiger charge is -2.08. The SMILES string of the molecule is Cc1ccc([N+](=O)[O-])c(Oc2cc(Br)ccc2Cl)n1. The topological polar surface area (TPSA) is 65.3 Å². The normalized spacial score (nSPS) is 10.3. The minimum atomic E-state index is -0.548. The summed E-state index contributed by atoms with van der Waals surface area (Å²) in [5.41, 5.74) is 0.411. The molecule has 1 aromatic carbocycles. The lowest BCUT2D eigenvalue weighted by atomic mass is 10.3. The van der Waals surface area contributed by atoms with E-state index in [1.165, 1.54) is 6.07 Å². The smallest absolute Gasteiger partial charge is 0.331 e. The first kappa shape index (κ1) is 13.8. The van der Waals surface area contributed by atoms with Gasteiger partial charge in [0.2, 0.25) is 0 Å². The second-order valence-electron chi connectivity index (χ2n) is 3.71. The Labute approximate surface area is 122 Å². The third kappa shape index (κ3) is 3.21. The Balaban J connectivity index is 2.45. The van der Waals surface area contributed by atoms with Crippen molar-refractivity contribution in [2.24, 2.45) is 0 Å². The molecule has 0 aliphatic rings. The van der Waals surface area contributed by atoms with Crippen LogP contribution in [-0.2, 0) is 0 Å². The van der Waals surface area contributed by atoms with E-state index in [1.54, 1.807) is 31.2 Å². The number of pyridine rings is 1. The Hall–Kier alpha value is -1.66. The van der Waals surface area contributed by atoms with Gasteiger partial charge >= 0.3 is 5.69 Å². The average Bonchev–Trinajstić information content (AvgIpc) is 2.33. The summed E-state index contributed by atoms with van der Waals surface area (Å²) in [5.74, 6) is 0.224. The molecular formula is C12H8BrClN2O3. The molecule has 0 saturated carbocycles. The lowest BCUT2D eigenvalue weighted by molar-refractivity contribution is -0.386. The zero-order chi connectivity index (χ0) is 14.0. The maximum absolute atomic E-state index is 10.9. The highest BCUT2D eigenvalue weighted by atomic mass is 79.9. The highest BCUT2D eigenvalue weighted by Crippen LogP contribution is 2.35. The predicted molar refractivity (Wildman–Crippen MR) is 74.9 cm³/mol. The molecule has 0 radical (unpaired) electrons. The molecule has 0 unspecified atom stereocenters. The van der Waals surface area contributed by atoms with Gasteiger partial charge in [-0.3, -0.25) is 10.1 Å². The second kappa shape index (κ2) is 5.54. The van der Waals surface area contributed by atoms with Crippen molar-refractivity contribution in [2.75, 3.05) is 0 Å². The van der Waals surface area contributed by atoms with E-state index in [1.807, 2.05) is 0 Å². The van der Waals surface area contributed by atoms with Gasteiger partial charge in [0.15, 0.2) is 0 Å². The first-order valence-corrected chi connectivity index (χ1v) is 6.39. The zero-order valence-corrected chi connectivity index (χ0v) is 12.1. The van der Waals surface area contributed by atoms with Crippen LogP contribution < -0.4 is 4.74 Å². The molecule has 2 rings (SSSR count). The van der Waals surface area contributed by atoms with Crippen molar-refractivity contribution in [3.05, 3.63) is 55.6 Å². The fourth-order valence-corrected chi connectivity index (χ4v) is 1.90. The third-order valence-corrected chi connectivity index (χ3v) is 3.08. The van der Waals surface area contributed by atoms with Crippen molar-refractivity contribution in [1.29, 1.82) is 0 Å². The number of nitro groups is 1. The van der Waals surface area contributed by atoms with E-state index in [9.17, 15) is 10.1 Å². The number of aryl methyl sites for hydroxylation is 1. The molecule has 0 spiro atoms. The fraction of sp³-hybridized carbons (Fsp3) is 0.0833. The van der Waals surface area contributed by atoms with Crippen LogP contribution in [-0.4, -0.2) is 9.91 Å². The molecule has 0 N–H and O–H groups in total. The fourth-order valence-electron chi connectivity index (χ4n) is 1.40. The van der Waals surface area contributed by atoms with Crippen LogP contribution in [0.1, 0.15) is 5.69 Å². The van der Waals surface area contributed by atoms with Gasteiger partial charge in [-0.1, -0.05) is 27.5 Å². The molecule has 1 heterocycles. The molecule has 5 nitrogen and oxygen atoms in total. The first-order valence-electron chi connectivity index (χ1n) is 5.22. The molecular weight excluding hydrogens is 336 g/mol. The summed E-state index contributed by atoms with van der Waals surface area (Å²) in [4.78, 5) is 14.4. The summed E-state index contributed by atoms with van der Waals surface area (Å²) < 4.78 is 6.20. The van der Waals surface area contributed by atoms with Crippen LogP contribution in [0.2, 0.25) is 5.02 Å². The van der Waals surface area contributed by atoms with Crippen LogP contribution in [0.4, 0.5) is 5.69 Å². The Bertz CT molecular complexity index is 649. The van der Waals surface area contributed by atoms with Gasteiger partial charge in [0.05, 0.1) is 9.95 Å². The molecule has 0 fully saturated rings. The zero-order valence-electron chi connectivity index (χ0n) is 9.76. The van der Waals surface area contributed by atoms with E-state index in [0.29, 0.717) is 16.5 Å². The Morgan fingerprint density at radius 1 is 1.37 bits per heavy atom. The molecule has 98 valence electrons. The largest absolute Gasteiger partial charge is 0.432 e. The summed E-state index contributed by atoms with van der Waals surface area (Å²) in [6.07, 6.45) is 0. The lowest BCUT2D eigenvalue weighted by Crippen LogP contribution is -1.97. The van der Waals surface area contributed by atoms with Gasteiger partial charge in [-0.2, -0.15) is 0 Å². The van der Waals surface area contributed by atoms with E-state index in [0.717, 1.165) is 4.47 Å². The highest BCUT2D eigenvalue weighted by molar-refractivity contribution is 9.10. The molecule has 0 bridgehead atoms. The maximum Gasteiger partial charge on any atom is 0.331 e. The number of hydrogen-bond donors (Lipinski definition) is 0. The highest BCUT2D eigenvalue weighted by Gasteiger charge is 2.18. The Morgan fingerprint density at radius 3 is 2.79 bits per heavy atom. The van der Waals surface area contributed by atoms with E-state index in [2.05, 4.69) is 20.9 Å². The van der Waals surface area contributed by atoms with Gasteiger partial charge in [-0.25, -0.2) is 4.98 Å². The molecule has 7 heteroatoms. The van der Waals surface area contributed by atoms with Crippen molar-refractivity contribution in [2.45, 2.75) is 6.92 Å². The molecule has 1 aromatic heterocycles. The molecule has 0 aliphatic carbocycles. The van der Waals surface area contributed by atoms with E-state index < -0.39 is 4.92 Å². The summed E-state index contributed by atoms with van der Waals surface area (Å²) >= 11 is 9.25. The van der Waals surface area contributed by atoms with Crippen LogP contribution in [0, 0.1) is 17.0 Å². The average molecular weight is 344 g/mol. The van der Waals surface area contributed by atoms with E-state index >= 15 is 0 Å². The van der Waals surface area contributed by atoms with Gasteiger partial charge in [0.1, 0.15) is 5.75 Å². The van der Waals surface area contributed by atoms with Crippen molar-refractivity contribution in [3.8, 4) is 11.6 Å². The predicted octanol–water partition coefficient (Wildman–Crippen LogP) is 4.51. The van der Waals surface area contributed by atoms with Crippen molar-refractivity contribution in [1.82, 2.24) is 4.98 Å². The number of halogens is 2. The number of ether oxygens (including phenoxy) is 1. The van der Waals surface area contributed by atoms with Crippen LogP contribution in [0.3, 0.4) is 0 Å². The summed E-state index contributed by atoms with van der Waals surface area (Å²) in [7, 11) is 0.